The number of methoxy groups -OCH3 is 1. The van der Waals surface area contributed by atoms with Crippen molar-refractivity contribution in [2.45, 2.75) is 19.9 Å². The minimum Gasteiger partial charge on any atom is -0.496 e. The highest BCUT2D eigenvalue weighted by atomic mass is 16.5. The van der Waals surface area contributed by atoms with Gasteiger partial charge in [-0.05, 0) is 30.2 Å². The number of hydrogen-bond acceptors (Lipinski definition) is 5. The van der Waals surface area contributed by atoms with Gasteiger partial charge in [0.05, 0.1) is 12.7 Å². The van der Waals surface area contributed by atoms with E-state index < -0.39 is 0 Å². The predicted octanol–water partition coefficient (Wildman–Crippen LogP) is 3.91. The Morgan fingerprint density at radius 1 is 1.04 bits per heavy atom. The lowest BCUT2D eigenvalue weighted by atomic mass is 10.1. The minimum absolute atomic E-state index is 0.240. The first-order chi connectivity index (χ1) is 13.2. The van der Waals surface area contributed by atoms with Gasteiger partial charge in [-0.1, -0.05) is 37.3 Å². The molecule has 0 saturated carbocycles. The molecule has 0 fully saturated rings. The maximum Gasteiger partial charge on any atom is 0.258 e. The number of amides is 1. The molecule has 27 heavy (non-hydrogen) atoms. The van der Waals surface area contributed by atoms with Crippen molar-refractivity contribution >= 4 is 17.5 Å². The van der Waals surface area contributed by atoms with Crippen LogP contribution in [0.3, 0.4) is 0 Å². The van der Waals surface area contributed by atoms with Gasteiger partial charge < -0.3 is 15.4 Å². The molecule has 3 aromatic rings. The molecule has 6 nitrogen and oxygen atoms in total. The van der Waals surface area contributed by atoms with Crippen molar-refractivity contribution < 1.29 is 9.53 Å². The van der Waals surface area contributed by atoms with E-state index in [-0.39, 0.29) is 5.91 Å². The standard InChI is InChI=1S/C21H22N4O2/c1-3-15-8-10-18(11-9-15)25-20(26)17-13-23-21(24-14-17)22-12-16-6-4-5-7-19(16)27-2/h4-11,13-14H,3,12H2,1-2H3,(H,25,26)(H,22,23,24). The van der Waals surface area contributed by atoms with Crippen LogP contribution in [0.15, 0.2) is 60.9 Å². The second-order valence-electron chi connectivity index (χ2n) is 5.97. The summed E-state index contributed by atoms with van der Waals surface area (Å²) >= 11 is 0. The van der Waals surface area contributed by atoms with Crippen LogP contribution in [-0.2, 0) is 13.0 Å². The van der Waals surface area contributed by atoms with Crippen molar-refractivity contribution in [1.82, 2.24) is 9.97 Å². The van der Waals surface area contributed by atoms with Crippen molar-refractivity contribution in [3.05, 3.63) is 77.6 Å². The molecule has 0 unspecified atom stereocenters. The number of benzene rings is 2. The molecule has 0 atom stereocenters. The number of para-hydroxylation sites is 1. The number of ether oxygens (including phenoxy) is 1. The van der Waals surface area contributed by atoms with Gasteiger partial charge in [0.25, 0.3) is 5.91 Å². The van der Waals surface area contributed by atoms with Gasteiger partial charge in [-0.15, -0.1) is 0 Å². The van der Waals surface area contributed by atoms with E-state index in [9.17, 15) is 4.79 Å². The van der Waals surface area contributed by atoms with Crippen LogP contribution < -0.4 is 15.4 Å². The topological polar surface area (TPSA) is 76.1 Å². The van der Waals surface area contributed by atoms with Crippen molar-refractivity contribution in [3.8, 4) is 5.75 Å². The molecule has 1 heterocycles. The number of anilines is 2. The number of nitrogens with one attached hydrogen (secondary N) is 2. The first-order valence-electron chi connectivity index (χ1n) is 8.77. The Morgan fingerprint density at radius 2 is 1.74 bits per heavy atom. The lowest BCUT2D eigenvalue weighted by Crippen LogP contribution is -2.13. The number of aromatic nitrogens is 2. The zero-order valence-corrected chi connectivity index (χ0v) is 15.4. The summed E-state index contributed by atoms with van der Waals surface area (Å²) in [6.07, 6.45) is 3.98. The molecule has 2 aromatic carbocycles. The zero-order chi connectivity index (χ0) is 19.1. The zero-order valence-electron chi connectivity index (χ0n) is 15.4. The summed E-state index contributed by atoms with van der Waals surface area (Å²) < 4.78 is 5.32. The number of aryl methyl sites for hydroxylation is 1. The summed E-state index contributed by atoms with van der Waals surface area (Å²) in [4.78, 5) is 20.7. The molecule has 0 aliphatic heterocycles. The summed E-state index contributed by atoms with van der Waals surface area (Å²) in [7, 11) is 1.64. The number of rotatable bonds is 7. The summed E-state index contributed by atoms with van der Waals surface area (Å²) in [5, 5.41) is 5.98. The molecule has 138 valence electrons. The number of nitrogens with zero attached hydrogens (tertiary/aromatic N) is 2. The number of hydrogen-bond donors (Lipinski definition) is 2. The van der Waals surface area contributed by atoms with Gasteiger partial charge in [0.2, 0.25) is 5.95 Å². The minimum atomic E-state index is -0.240. The van der Waals surface area contributed by atoms with Crippen LogP contribution in [0.25, 0.3) is 0 Å². The van der Waals surface area contributed by atoms with E-state index in [0.29, 0.717) is 18.1 Å². The van der Waals surface area contributed by atoms with Crippen LogP contribution in [-0.4, -0.2) is 23.0 Å². The smallest absolute Gasteiger partial charge is 0.258 e. The van der Waals surface area contributed by atoms with Crippen molar-refractivity contribution in [3.63, 3.8) is 0 Å². The van der Waals surface area contributed by atoms with E-state index in [4.69, 9.17) is 4.74 Å². The molecular weight excluding hydrogens is 340 g/mol. The highest BCUT2D eigenvalue weighted by Gasteiger charge is 2.08. The van der Waals surface area contributed by atoms with E-state index in [1.165, 1.54) is 18.0 Å². The Hall–Kier alpha value is -3.41. The third-order valence-corrected chi connectivity index (χ3v) is 4.16. The average molecular weight is 362 g/mol. The van der Waals surface area contributed by atoms with E-state index in [1.807, 2.05) is 48.5 Å². The summed E-state index contributed by atoms with van der Waals surface area (Å²) in [5.74, 6) is 1.01. The third-order valence-electron chi connectivity index (χ3n) is 4.16. The molecular formula is C21H22N4O2. The van der Waals surface area contributed by atoms with Gasteiger partial charge in [0.15, 0.2) is 0 Å². The first kappa shape index (κ1) is 18.4. The third kappa shape index (κ3) is 4.82. The normalized spacial score (nSPS) is 10.3. The van der Waals surface area contributed by atoms with Crippen LogP contribution in [0.1, 0.15) is 28.4 Å². The fraction of sp³-hybridized carbons (Fsp3) is 0.190. The summed E-state index contributed by atoms with van der Waals surface area (Å²) in [6, 6.07) is 15.5. The first-order valence-corrected chi connectivity index (χ1v) is 8.77. The maximum absolute atomic E-state index is 12.3. The molecule has 1 aromatic heterocycles. The Labute approximate surface area is 158 Å². The predicted molar refractivity (Wildman–Crippen MR) is 106 cm³/mol. The van der Waals surface area contributed by atoms with E-state index in [0.717, 1.165) is 23.4 Å². The van der Waals surface area contributed by atoms with E-state index in [2.05, 4.69) is 27.5 Å². The Morgan fingerprint density at radius 3 is 2.41 bits per heavy atom. The van der Waals surface area contributed by atoms with Gasteiger partial charge in [0.1, 0.15) is 5.75 Å². The summed E-state index contributed by atoms with van der Waals surface area (Å²) in [6.45, 7) is 2.62. The lowest BCUT2D eigenvalue weighted by Gasteiger charge is -2.10. The quantitative estimate of drug-likeness (QED) is 0.666. The van der Waals surface area contributed by atoms with Crippen LogP contribution in [0.4, 0.5) is 11.6 Å². The fourth-order valence-electron chi connectivity index (χ4n) is 2.59. The van der Waals surface area contributed by atoms with Crippen LogP contribution in [0.2, 0.25) is 0 Å². The molecule has 3 rings (SSSR count). The highest BCUT2D eigenvalue weighted by molar-refractivity contribution is 6.03. The molecule has 0 saturated heterocycles. The number of carbonyl (C=O) groups is 1. The summed E-state index contributed by atoms with van der Waals surface area (Å²) in [5.41, 5.74) is 3.37. The maximum atomic E-state index is 12.3. The lowest BCUT2D eigenvalue weighted by molar-refractivity contribution is 0.102. The van der Waals surface area contributed by atoms with Crippen molar-refractivity contribution in [2.24, 2.45) is 0 Å². The van der Waals surface area contributed by atoms with Gasteiger partial charge in [-0.3, -0.25) is 4.79 Å². The van der Waals surface area contributed by atoms with Gasteiger partial charge in [0, 0.05) is 30.2 Å². The largest absolute Gasteiger partial charge is 0.496 e. The SMILES string of the molecule is CCc1ccc(NC(=O)c2cnc(NCc3ccccc3OC)nc2)cc1. The Bertz CT molecular complexity index is 893. The molecule has 0 bridgehead atoms. The molecule has 0 spiro atoms. The van der Waals surface area contributed by atoms with Gasteiger partial charge in [-0.25, -0.2) is 9.97 Å². The molecule has 6 heteroatoms. The Kier molecular flexibility index (Phi) is 5.99. The molecule has 0 radical (unpaired) electrons. The number of carbonyl (C=O) groups excluding carboxylic acids is 1. The van der Waals surface area contributed by atoms with Gasteiger partial charge >= 0.3 is 0 Å². The van der Waals surface area contributed by atoms with Crippen molar-refractivity contribution in [2.75, 3.05) is 17.7 Å². The van der Waals surface area contributed by atoms with Crippen molar-refractivity contribution in [1.29, 1.82) is 0 Å². The second-order valence-corrected chi connectivity index (χ2v) is 5.97. The molecule has 0 aliphatic carbocycles. The Balaban J connectivity index is 1.59. The molecule has 2 N–H and O–H groups in total. The monoisotopic (exact) mass is 362 g/mol. The van der Waals surface area contributed by atoms with Crippen LogP contribution in [0, 0.1) is 0 Å². The second kappa shape index (κ2) is 8.80. The van der Waals surface area contributed by atoms with Crippen LogP contribution in [0.5, 0.6) is 5.75 Å². The fourth-order valence-corrected chi connectivity index (χ4v) is 2.59. The molecule has 1 amide bonds. The molecule has 0 aliphatic rings. The van der Waals surface area contributed by atoms with E-state index in [1.54, 1.807) is 7.11 Å². The van der Waals surface area contributed by atoms with Gasteiger partial charge in [-0.2, -0.15) is 0 Å². The average Bonchev–Trinajstić information content (AvgIpc) is 2.73. The highest BCUT2D eigenvalue weighted by Crippen LogP contribution is 2.18. The van der Waals surface area contributed by atoms with E-state index >= 15 is 0 Å². The van der Waals surface area contributed by atoms with Crippen LogP contribution >= 0.6 is 0 Å².